The van der Waals surface area contributed by atoms with Gasteiger partial charge in [-0.05, 0) is 36.4 Å². The Hall–Kier alpha value is -3.62. The molecule has 32 heavy (non-hydrogen) atoms. The number of benzene rings is 2. The topological polar surface area (TPSA) is 105 Å². The summed E-state index contributed by atoms with van der Waals surface area (Å²) in [5, 5.41) is 13.9. The maximum absolute atomic E-state index is 12.5. The second-order valence-electron chi connectivity index (χ2n) is 8.67. The van der Waals surface area contributed by atoms with Gasteiger partial charge < -0.3 is 19.9 Å². The van der Waals surface area contributed by atoms with Crippen molar-refractivity contribution in [2.24, 2.45) is 5.41 Å². The molecule has 0 atom stereocenters. The molecule has 170 valence electrons. The number of ether oxygens (including phenoxy) is 1. The van der Waals surface area contributed by atoms with Gasteiger partial charge >= 0.3 is 5.69 Å². The van der Waals surface area contributed by atoms with E-state index >= 15 is 0 Å². The third kappa shape index (κ3) is 5.16. The number of nitrogens with zero attached hydrogens (tertiary/aromatic N) is 3. The molecule has 0 aliphatic carbocycles. The summed E-state index contributed by atoms with van der Waals surface area (Å²) in [4.78, 5) is 39.7. The highest BCUT2D eigenvalue weighted by Gasteiger charge is 2.29. The predicted octanol–water partition coefficient (Wildman–Crippen LogP) is 3.55. The molecule has 0 bridgehead atoms. The number of rotatable bonds is 5. The van der Waals surface area contributed by atoms with Crippen molar-refractivity contribution in [1.29, 1.82) is 0 Å². The number of methoxy groups -OCH3 is 1. The molecular formula is C23H28N4O5. The van der Waals surface area contributed by atoms with Crippen LogP contribution in [0.5, 0.6) is 5.75 Å². The van der Waals surface area contributed by atoms with Crippen molar-refractivity contribution >= 4 is 28.9 Å². The molecule has 9 heteroatoms. The fraction of sp³-hybridized carbons (Fsp3) is 0.391. The highest BCUT2D eigenvalue weighted by atomic mass is 16.6. The summed E-state index contributed by atoms with van der Waals surface area (Å²) in [5.41, 5.74) is 1.11. The first-order valence-corrected chi connectivity index (χ1v) is 10.4. The van der Waals surface area contributed by atoms with Gasteiger partial charge in [0.15, 0.2) is 5.75 Å². The number of carbonyl (C=O) groups excluding carboxylic acids is 2. The van der Waals surface area contributed by atoms with Crippen LogP contribution in [0.2, 0.25) is 0 Å². The minimum Gasteiger partial charge on any atom is -0.490 e. The SMILES string of the molecule is COc1ccc(C(=O)Nc2ccc(N3CCN(C(=O)C(C)(C)C)CC3)cc2)cc1[N+](=O)[O-]. The average molecular weight is 441 g/mol. The largest absolute Gasteiger partial charge is 0.490 e. The quantitative estimate of drug-likeness (QED) is 0.563. The zero-order chi connectivity index (χ0) is 23.5. The third-order valence-corrected chi connectivity index (χ3v) is 5.34. The summed E-state index contributed by atoms with van der Waals surface area (Å²) in [7, 11) is 1.34. The van der Waals surface area contributed by atoms with Gasteiger partial charge in [0, 0.05) is 54.6 Å². The van der Waals surface area contributed by atoms with Crippen molar-refractivity contribution in [2.45, 2.75) is 20.8 Å². The zero-order valence-electron chi connectivity index (χ0n) is 18.8. The lowest BCUT2D eigenvalue weighted by molar-refractivity contribution is -0.385. The van der Waals surface area contributed by atoms with Crippen molar-refractivity contribution in [3.8, 4) is 5.75 Å². The fourth-order valence-corrected chi connectivity index (χ4v) is 3.57. The lowest BCUT2D eigenvalue weighted by atomic mass is 9.94. The van der Waals surface area contributed by atoms with Gasteiger partial charge in [0.1, 0.15) is 0 Å². The number of nitro groups is 1. The molecule has 0 unspecified atom stereocenters. The molecular weight excluding hydrogens is 412 g/mol. The Morgan fingerprint density at radius 2 is 1.66 bits per heavy atom. The molecule has 0 saturated carbocycles. The molecule has 1 heterocycles. The first-order valence-electron chi connectivity index (χ1n) is 10.4. The van der Waals surface area contributed by atoms with Crippen LogP contribution in [-0.2, 0) is 4.79 Å². The number of nitro benzene ring substituents is 1. The standard InChI is InChI=1S/C23H28N4O5/c1-23(2,3)22(29)26-13-11-25(12-14-26)18-8-6-17(7-9-18)24-21(28)16-5-10-20(32-4)19(15-16)27(30)31/h5-10,15H,11-14H2,1-4H3,(H,24,28). The number of hydrogen-bond acceptors (Lipinski definition) is 6. The molecule has 2 amide bonds. The monoisotopic (exact) mass is 440 g/mol. The highest BCUT2D eigenvalue weighted by molar-refractivity contribution is 6.04. The van der Waals surface area contributed by atoms with Crippen molar-refractivity contribution < 1.29 is 19.2 Å². The second-order valence-corrected chi connectivity index (χ2v) is 8.67. The van der Waals surface area contributed by atoms with E-state index in [0.29, 0.717) is 18.8 Å². The molecule has 2 aromatic rings. The van der Waals surface area contributed by atoms with Gasteiger partial charge in [-0.1, -0.05) is 20.8 Å². The summed E-state index contributed by atoms with van der Waals surface area (Å²) >= 11 is 0. The van der Waals surface area contributed by atoms with Crippen LogP contribution in [0.4, 0.5) is 17.1 Å². The van der Waals surface area contributed by atoms with E-state index in [-0.39, 0.29) is 28.3 Å². The predicted molar refractivity (Wildman–Crippen MR) is 122 cm³/mol. The molecule has 9 nitrogen and oxygen atoms in total. The van der Waals surface area contributed by atoms with Gasteiger partial charge in [0.2, 0.25) is 5.91 Å². The Balaban J connectivity index is 1.62. The molecule has 1 N–H and O–H groups in total. The van der Waals surface area contributed by atoms with Crippen LogP contribution in [-0.4, -0.2) is 54.9 Å². The average Bonchev–Trinajstić information content (AvgIpc) is 2.78. The zero-order valence-corrected chi connectivity index (χ0v) is 18.8. The van der Waals surface area contributed by atoms with Gasteiger partial charge in [-0.25, -0.2) is 0 Å². The Kier molecular flexibility index (Phi) is 6.67. The number of amides is 2. The number of hydrogen-bond donors (Lipinski definition) is 1. The molecule has 1 aliphatic heterocycles. The minimum absolute atomic E-state index is 0.0974. The molecule has 1 fully saturated rings. The van der Waals surface area contributed by atoms with E-state index in [1.165, 1.54) is 25.3 Å². The van der Waals surface area contributed by atoms with E-state index in [0.717, 1.165) is 18.8 Å². The lowest BCUT2D eigenvalue weighted by Gasteiger charge is -2.38. The molecule has 2 aromatic carbocycles. The van der Waals surface area contributed by atoms with E-state index in [9.17, 15) is 19.7 Å². The first kappa shape index (κ1) is 23.1. The minimum atomic E-state index is -0.584. The molecule has 0 radical (unpaired) electrons. The third-order valence-electron chi connectivity index (χ3n) is 5.34. The maximum Gasteiger partial charge on any atom is 0.311 e. The number of carbonyl (C=O) groups is 2. The van der Waals surface area contributed by atoms with Crippen LogP contribution in [0.25, 0.3) is 0 Å². The number of anilines is 2. The Labute approximate surface area is 187 Å². The van der Waals surface area contributed by atoms with E-state index in [1.807, 2.05) is 37.8 Å². The van der Waals surface area contributed by atoms with Gasteiger partial charge in [-0.15, -0.1) is 0 Å². The van der Waals surface area contributed by atoms with Gasteiger partial charge in [0.25, 0.3) is 5.91 Å². The molecule has 1 aliphatic rings. The Morgan fingerprint density at radius 3 is 2.19 bits per heavy atom. The van der Waals surface area contributed by atoms with E-state index in [4.69, 9.17) is 4.74 Å². The lowest BCUT2D eigenvalue weighted by Crippen LogP contribution is -2.51. The van der Waals surface area contributed by atoms with Crippen molar-refractivity contribution in [2.75, 3.05) is 43.5 Å². The Bertz CT molecular complexity index is 1010. The summed E-state index contributed by atoms with van der Waals surface area (Å²) in [6, 6.07) is 11.5. The van der Waals surface area contributed by atoms with Gasteiger partial charge in [-0.2, -0.15) is 0 Å². The fourth-order valence-electron chi connectivity index (χ4n) is 3.57. The second kappa shape index (κ2) is 9.25. The number of piperazine rings is 1. The molecule has 0 spiro atoms. The van der Waals surface area contributed by atoms with E-state index < -0.39 is 10.8 Å². The highest BCUT2D eigenvalue weighted by Crippen LogP contribution is 2.28. The van der Waals surface area contributed by atoms with E-state index in [1.54, 1.807) is 12.1 Å². The van der Waals surface area contributed by atoms with Crippen molar-refractivity contribution in [3.05, 3.63) is 58.1 Å². The summed E-state index contributed by atoms with van der Waals surface area (Å²) in [5.74, 6) is -0.188. The summed E-state index contributed by atoms with van der Waals surface area (Å²) < 4.78 is 4.97. The van der Waals surface area contributed by atoms with Crippen molar-refractivity contribution in [1.82, 2.24) is 4.90 Å². The molecule has 0 aromatic heterocycles. The number of nitrogens with one attached hydrogen (secondary N) is 1. The van der Waals surface area contributed by atoms with Crippen LogP contribution in [0.15, 0.2) is 42.5 Å². The maximum atomic E-state index is 12.5. The van der Waals surface area contributed by atoms with Crippen LogP contribution < -0.4 is 15.0 Å². The van der Waals surface area contributed by atoms with Crippen molar-refractivity contribution in [3.63, 3.8) is 0 Å². The van der Waals surface area contributed by atoms with Gasteiger partial charge in [-0.3, -0.25) is 19.7 Å². The normalized spacial score (nSPS) is 14.1. The summed E-state index contributed by atoms with van der Waals surface area (Å²) in [6.07, 6.45) is 0. The van der Waals surface area contributed by atoms with Gasteiger partial charge in [0.05, 0.1) is 12.0 Å². The smallest absolute Gasteiger partial charge is 0.311 e. The first-order chi connectivity index (χ1) is 15.1. The van der Waals surface area contributed by atoms with Crippen LogP contribution >= 0.6 is 0 Å². The van der Waals surface area contributed by atoms with E-state index in [2.05, 4.69) is 10.2 Å². The molecule has 3 rings (SSSR count). The van der Waals surface area contributed by atoms with Crippen LogP contribution in [0.3, 0.4) is 0 Å². The summed E-state index contributed by atoms with van der Waals surface area (Å²) in [6.45, 7) is 8.61. The molecule has 1 saturated heterocycles. The Morgan fingerprint density at radius 1 is 1.03 bits per heavy atom. The van der Waals surface area contributed by atoms with Crippen LogP contribution in [0.1, 0.15) is 31.1 Å². The van der Waals surface area contributed by atoms with Crippen LogP contribution in [0, 0.1) is 15.5 Å².